The summed E-state index contributed by atoms with van der Waals surface area (Å²) < 4.78 is 0. The molecule has 2 heterocycles. The van der Waals surface area contributed by atoms with Crippen molar-refractivity contribution in [2.24, 2.45) is 0 Å². The molecule has 0 aromatic heterocycles. The van der Waals surface area contributed by atoms with Crippen molar-refractivity contribution >= 4 is 0 Å². The first-order valence-electron chi connectivity index (χ1n) is 3.79. The molecule has 0 radical (unpaired) electrons. The average Bonchev–Trinajstić information content (AvgIpc) is 2.11. The lowest BCUT2D eigenvalue weighted by Gasteiger charge is -2.24. The molecule has 3 atom stereocenters. The molecule has 2 heteroatoms. The van der Waals surface area contributed by atoms with E-state index in [1.807, 2.05) is 0 Å². The SMILES string of the molecule is O[C@@H]1C[C@H]2CC[C@@H](C1)N2. The first-order valence-corrected chi connectivity index (χ1v) is 3.79. The number of rotatable bonds is 0. The summed E-state index contributed by atoms with van der Waals surface area (Å²) in [6.07, 6.45) is 4.51. The third-order valence-corrected chi connectivity index (χ3v) is 2.45. The van der Waals surface area contributed by atoms with Crippen LogP contribution in [0, 0.1) is 0 Å². The summed E-state index contributed by atoms with van der Waals surface area (Å²) in [6, 6.07) is 1.28. The molecule has 0 unspecified atom stereocenters. The van der Waals surface area contributed by atoms with E-state index in [9.17, 15) is 5.11 Å². The first kappa shape index (κ1) is 5.69. The lowest BCUT2D eigenvalue weighted by molar-refractivity contribution is 0.114. The van der Waals surface area contributed by atoms with Gasteiger partial charge in [-0.2, -0.15) is 0 Å². The van der Waals surface area contributed by atoms with Crippen LogP contribution in [0.1, 0.15) is 25.7 Å². The fraction of sp³-hybridized carbons (Fsp3) is 1.00. The van der Waals surface area contributed by atoms with Crippen LogP contribution in [0.4, 0.5) is 0 Å². The summed E-state index contributed by atoms with van der Waals surface area (Å²) in [5.74, 6) is 0. The molecule has 0 aliphatic carbocycles. The van der Waals surface area contributed by atoms with Gasteiger partial charge in [0.05, 0.1) is 6.10 Å². The summed E-state index contributed by atoms with van der Waals surface area (Å²) in [4.78, 5) is 0. The molecule has 52 valence electrons. The van der Waals surface area contributed by atoms with Gasteiger partial charge in [-0.15, -0.1) is 0 Å². The summed E-state index contributed by atoms with van der Waals surface area (Å²) in [5.41, 5.74) is 0. The third-order valence-electron chi connectivity index (χ3n) is 2.45. The Morgan fingerprint density at radius 2 is 1.67 bits per heavy atom. The number of aliphatic hydroxyl groups excluding tert-OH is 1. The van der Waals surface area contributed by atoms with Crippen molar-refractivity contribution in [3.8, 4) is 0 Å². The van der Waals surface area contributed by atoms with Crippen LogP contribution >= 0.6 is 0 Å². The summed E-state index contributed by atoms with van der Waals surface area (Å²) in [7, 11) is 0. The molecule has 2 nitrogen and oxygen atoms in total. The second kappa shape index (κ2) is 1.96. The number of nitrogens with one attached hydrogen (secondary N) is 1. The molecule has 0 aromatic carbocycles. The highest BCUT2D eigenvalue weighted by Gasteiger charge is 2.31. The van der Waals surface area contributed by atoms with Crippen molar-refractivity contribution < 1.29 is 5.11 Å². The Labute approximate surface area is 55.3 Å². The minimum atomic E-state index is -0.0104. The maximum Gasteiger partial charge on any atom is 0.0569 e. The molecule has 2 aliphatic rings. The van der Waals surface area contributed by atoms with Gasteiger partial charge in [0.25, 0.3) is 0 Å². The van der Waals surface area contributed by atoms with Gasteiger partial charge in [-0.1, -0.05) is 0 Å². The van der Waals surface area contributed by atoms with E-state index in [0.29, 0.717) is 12.1 Å². The number of fused-ring (bicyclic) bond motifs is 2. The standard InChI is InChI=1S/C7H13NO/c9-7-3-5-1-2-6(4-7)8-5/h5-9H,1-4H2/t5-,6+,7-. The lowest BCUT2D eigenvalue weighted by Crippen LogP contribution is -2.40. The fourth-order valence-electron chi connectivity index (χ4n) is 2.03. The van der Waals surface area contributed by atoms with Crippen LogP contribution in [0.5, 0.6) is 0 Å². The van der Waals surface area contributed by atoms with E-state index in [-0.39, 0.29) is 6.10 Å². The van der Waals surface area contributed by atoms with Crippen molar-refractivity contribution in [3.63, 3.8) is 0 Å². The molecule has 0 saturated carbocycles. The number of hydrogen-bond acceptors (Lipinski definition) is 2. The van der Waals surface area contributed by atoms with Gasteiger partial charge in [0.1, 0.15) is 0 Å². The number of piperidine rings is 1. The van der Waals surface area contributed by atoms with Crippen LogP contribution in [0.15, 0.2) is 0 Å². The first-order chi connectivity index (χ1) is 4.34. The minimum Gasteiger partial charge on any atom is -0.393 e. The van der Waals surface area contributed by atoms with Crippen LogP contribution in [-0.2, 0) is 0 Å². The molecule has 0 aromatic rings. The van der Waals surface area contributed by atoms with Crippen LogP contribution in [-0.4, -0.2) is 23.3 Å². The Morgan fingerprint density at radius 1 is 1.11 bits per heavy atom. The fourth-order valence-corrected chi connectivity index (χ4v) is 2.03. The summed E-state index contributed by atoms with van der Waals surface area (Å²) in [6.45, 7) is 0. The molecule has 2 bridgehead atoms. The van der Waals surface area contributed by atoms with Crippen molar-refractivity contribution in [3.05, 3.63) is 0 Å². The lowest BCUT2D eigenvalue weighted by atomic mass is 10.0. The summed E-state index contributed by atoms with van der Waals surface area (Å²) in [5, 5.41) is 12.7. The van der Waals surface area contributed by atoms with Crippen LogP contribution in [0.3, 0.4) is 0 Å². The highest BCUT2D eigenvalue weighted by Crippen LogP contribution is 2.26. The van der Waals surface area contributed by atoms with Gasteiger partial charge in [-0.3, -0.25) is 0 Å². The van der Waals surface area contributed by atoms with E-state index in [0.717, 1.165) is 12.8 Å². The van der Waals surface area contributed by atoms with Gasteiger partial charge in [0.2, 0.25) is 0 Å². The monoisotopic (exact) mass is 127 g/mol. The van der Waals surface area contributed by atoms with E-state index in [1.165, 1.54) is 12.8 Å². The Bertz CT molecular complexity index is 103. The molecule has 2 N–H and O–H groups in total. The minimum absolute atomic E-state index is 0.0104. The Balaban J connectivity index is 2.03. The van der Waals surface area contributed by atoms with Gasteiger partial charge in [0.15, 0.2) is 0 Å². The maximum atomic E-state index is 9.25. The van der Waals surface area contributed by atoms with E-state index >= 15 is 0 Å². The number of hydrogen-bond donors (Lipinski definition) is 2. The van der Waals surface area contributed by atoms with E-state index in [2.05, 4.69) is 5.32 Å². The van der Waals surface area contributed by atoms with E-state index in [4.69, 9.17) is 0 Å². The Kier molecular flexibility index (Phi) is 1.24. The van der Waals surface area contributed by atoms with Gasteiger partial charge in [-0.05, 0) is 25.7 Å². The largest absolute Gasteiger partial charge is 0.393 e. The highest BCUT2D eigenvalue weighted by atomic mass is 16.3. The third kappa shape index (κ3) is 0.970. The zero-order chi connectivity index (χ0) is 6.27. The second-order valence-electron chi connectivity index (χ2n) is 3.26. The smallest absolute Gasteiger partial charge is 0.0569 e. The maximum absolute atomic E-state index is 9.25. The van der Waals surface area contributed by atoms with Crippen molar-refractivity contribution in [2.75, 3.05) is 0 Å². The molecule has 0 spiro atoms. The molecular weight excluding hydrogens is 114 g/mol. The zero-order valence-electron chi connectivity index (χ0n) is 5.51. The van der Waals surface area contributed by atoms with Gasteiger partial charge in [-0.25, -0.2) is 0 Å². The molecule has 9 heavy (non-hydrogen) atoms. The second-order valence-corrected chi connectivity index (χ2v) is 3.26. The Morgan fingerprint density at radius 3 is 2.22 bits per heavy atom. The van der Waals surface area contributed by atoms with Crippen molar-refractivity contribution in [1.82, 2.24) is 5.32 Å². The molecule has 2 saturated heterocycles. The quantitative estimate of drug-likeness (QED) is 0.489. The zero-order valence-corrected chi connectivity index (χ0v) is 5.51. The van der Waals surface area contributed by atoms with Crippen molar-refractivity contribution in [2.45, 2.75) is 43.9 Å². The van der Waals surface area contributed by atoms with Gasteiger partial charge < -0.3 is 10.4 Å². The van der Waals surface area contributed by atoms with Gasteiger partial charge >= 0.3 is 0 Å². The van der Waals surface area contributed by atoms with Crippen LogP contribution in [0.25, 0.3) is 0 Å². The van der Waals surface area contributed by atoms with Crippen LogP contribution in [0.2, 0.25) is 0 Å². The Hall–Kier alpha value is -0.0800. The predicted molar refractivity (Wildman–Crippen MR) is 35.2 cm³/mol. The molecule has 2 aliphatic heterocycles. The normalized spacial score (nSPS) is 49.7. The van der Waals surface area contributed by atoms with E-state index in [1.54, 1.807) is 0 Å². The average molecular weight is 127 g/mol. The number of aliphatic hydroxyl groups is 1. The van der Waals surface area contributed by atoms with Crippen molar-refractivity contribution in [1.29, 1.82) is 0 Å². The van der Waals surface area contributed by atoms with Crippen LogP contribution < -0.4 is 5.32 Å². The molecule has 2 rings (SSSR count). The topological polar surface area (TPSA) is 32.3 Å². The van der Waals surface area contributed by atoms with E-state index < -0.39 is 0 Å². The summed E-state index contributed by atoms with van der Waals surface area (Å²) >= 11 is 0. The molecule has 2 fully saturated rings. The molecular formula is C7H13NO. The molecule has 0 amide bonds. The highest BCUT2D eigenvalue weighted by molar-refractivity contribution is 4.91. The predicted octanol–water partition coefficient (Wildman–Crippen LogP) is 0.262. The van der Waals surface area contributed by atoms with Gasteiger partial charge in [0, 0.05) is 12.1 Å².